The molecule has 0 saturated carbocycles. The zero-order valence-corrected chi connectivity index (χ0v) is 15.0. The van der Waals surface area contributed by atoms with Crippen LogP contribution in [0.5, 0.6) is 0 Å². The molecule has 25 heavy (non-hydrogen) atoms. The van der Waals surface area contributed by atoms with E-state index < -0.39 is 11.2 Å². The number of aromatic amines is 1. The first kappa shape index (κ1) is 17.6. The molecule has 1 aliphatic rings. The van der Waals surface area contributed by atoms with Gasteiger partial charge in [-0.05, 0) is 30.8 Å². The van der Waals surface area contributed by atoms with Gasteiger partial charge >= 0.3 is 5.69 Å². The molecule has 0 bridgehead atoms. The molecule has 1 fully saturated rings. The van der Waals surface area contributed by atoms with E-state index in [1.165, 1.54) is 18.1 Å². The van der Waals surface area contributed by atoms with Crippen molar-refractivity contribution in [3.05, 3.63) is 55.0 Å². The van der Waals surface area contributed by atoms with Crippen molar-refractivity contribution in [1.29, 1.82) is 0 Å². The average Bonchev–Trinajstić information content (AvgIpc) is 3.09. The molecule has 2 N–H and O–H groups in total. The molecule has 0 spiro atoms. The van der Waals surface area contributed by atoms with Crippen LogP contribution in [0.15, 0.2) is 33.3 Å². The standard InChI is InChI=1S/C17H22N4O3S/c1-20-16(23)12(9-18-17(20)24)8-15(22)19-13-4-2-6-21(10-13)11-14-5-3-7-25-14/h3,5,7,9,13H,2,4,6,8,10-11H2,1H3,(H,18,24)(H,19,22)/t13-/m1/s1. The van der Waals surface area contributed by atoms with Crippen LogP contribution in [0, 0.1) is 0 Å². The van der Waals surface area contributed by atoms with Crippen LogP contribution in [0.4, 0.5) is 0 Å². The fraction of sp³-hybridized carbons (Fsp3) is 0.471. The summed E-state index contributed by atoms with van der Waals surface area (Å²) < 4.78 is 0.978. The number of hydrogen-bond donors (Lipinski definition) is 2. The van der Waals surface area contributed by atoms with E-state index in [9.17, 15) is 14.4 Å². The van der Waals surface area contributed by atoms with Crippen molar-refractivity contribution < 1.29 is 4.79 Å². The van der Waals surface area contributed by atoms with Crippen LogP contribution in [-0.2, 0) is 24.8 Å². The molecule has 3 rings (SSSR count). The van der Waals surface area contributed by atoms with Gasteiger partial charge in [-0.3, -0.25) is 19.1 Å². The minimum atomic E-state index is -0.481. The molecule has 3 heterocycles. The lowest BCUT2D eigenvalue weighted by molar-refractivity contribution is -0.121. The maximum absolute atomic E-state index is 12.3. The molecule has 0 aromatic carbocycles. The second-order valence-electron chi connectivity index (χ2n) is 6.38. The second kappa shape index (κ2) is 7.79. The summed E-state index contributed by atoms with van der Waals surface area (Å²) in [7, 11) is 1.39. The molecule has 0 aliphatic carbocycles. The number of nitrogens with one attached hydrogen (secondary N) is 2. The maximum Gasteiger partial charge on any atom is 0.328 e. The molecule has 0 radical (unpaired) electrons. The number of hydrogen-bond acceptors (Lipinski definition) is 5. The normalized spacial score (nSPS) is 18.2. The van der Waals surface area contributed by atoms with Crippen LogP contribution in [0.25, 0.3) is 0 Å². The lowest BCUT2D eigenvalue weighted by Gasteiger charge is -2.32. The average molecular weight is 362 g/mol. The van der Waals surface area contributed by atoms with Gasteiger partial charge in [0.15, 0.2) is 0 Å². The van der Waals surface area contributed by atoms with Gasteiger partial charge in [-0.25, -0.2) is 4.79 Å². The number of likely N-dealkylation sites (tertiary alicyclic amines) is 1. The van der Waals surface area contributed by atoms with Crippen LogP contribution in [-0.4, -0.2) is 39.5 Å². The fourth-order valence-corrected chi connectivity index (χ4v) is 3.88. The van der Waals surface area contributed by atoms with Gasteiger partial charge in [-0.2, -0.15) is 0 Å². The highest BCUT2D eigenvalue weighted by atomic mass is 32.1. The van der Waals surface area contributed by atoms with E-state index in [4.69, 9.17) is 0 Å². The largest absolute Gasteiger partial charge is 0.352 e. The van der Waals surface area contributed by atoms with Crippen LogP contribution >= 0.6 is 11.3 Å². The topological polar surface area (TPSA) is 87.2 Å². The summed E-state index contributed by atoms with van der Waals surface area (Å²) in [5, 5.41) is 5.09. The summed E-state index contributed by atoms with van der Waals surface area (Å²) in [6.45, 7) is 2.75. The molecule has 2 aromatic heterocycles. The summed E-state index contributed by atoms with van der Waals surface area (Å²) in [6, 6.07) is 4.26. The first-order valence-electron chi connectivity index (χ1n) is 8.34. The summed E-state index contributed by atoms with van der Waals surface area (Å²) in [5.41, 5.74) is -0.613. The lowest BCUT2D eigenvalue weighted by atomic mass is 10.1. The van der Waals surface area contributed by atoms with Crippen molar-refractivity contribution in [3.8, 4) is 0 Å². The first-order chi connectivity index (χ1) is 12.0. The lowest BCUT2D eigenvalue weighted by Crippen LogP contribution is -2.48. The number of rotatable bonds is 5. The number of thiophene rings is 1. The van der Waals surface area contributed by atoms with Gasteiger partial charge in [0.05, 0.1) is 6.42 Å². The smallest absolute Gasteiger partial charge is 0.328 e. The van der Waals surface area contributed by atoms with Crippen LogP contribution in [0.3, 0.4) is 0 Å². The Balaban J connectivity index is 1.56. The maximum atomic E-state index is 12.3. The Labute approximate surface area is 149 Å². The second-order valence-corrected chi connectivity index (χ2v) is 7.41. The van der Waals surface area contributed by atoms with E-state index in [-0.39, 0.29) is 18.4 Å². The Morgan fingerprint density at radius 3 is 3.04 bits per heavy atom. The molecule has 1 saturated heterocycles. The molecule has 8 heteroatoms. The van der Waals surface area contributed by atoms with Gasteiger partial charge in [0.2, 0.25) is 5.91 Å². The highest BCUT2D eigenvalue weighted by Crippen LogP contribution is 2.16. The predicted molar refractivity (Wildman–Crippen MR) is 96.8 cm³/mol. The van der Waals surface area contributed by atoms with Gasteiger partial charge in [0.25, 0.3) is 5.56 Å². The Morgan fingerprint density at radius 1 is 1.44 bits per heavy atom. The monoisotopic (exact) mass is 362 g/mol. The fourth-order valence-electron chi connectivity index (χ4n) is 3.13. The predicted octanol–water partition coefficient (Wildman–Crippen LogP) is 0.458. The quantitative estimate of drug-likeness (QED) is 0.809. The van der Waals surface area contributed by atoms with Crippen molar-refractivity contribution in [3.63, 3.8) is 0 Å². The number of nitrogens with zero attached hydrogens (tertiary/aromatic N) is 2. The van der Waals surface area contributed by atoms with Crippen molar-refractivity contribution in [2.45, 2.75) is 31.8 Å². The number of aromatic nitrogens is 2. The zero-order valence-electron chi connectivity index (χ0n) is 14.2. The number of H-pyrrole nitrogens is 1. The number of piperidine rings is 1. The van der Waals surface area contributed by atoms with Gasteiger partial charge in [0.1, 0.15) is 0 Å². The Bertz CT molecular complexity index is 840. The molecule has 1 aliphatic heterocycles. The highest BCUT2D eigenvalue weighted by Gasteiger charge is 2.22. The SMILES string of the molecule is Cn1c(=O)[nH]cc(CC(=O)N[C@@H]2CCCN(Cc3cccs3)C2)c1=O. The third kappa shape index (κ3) is 4.46. The van der Waals surface area contributed by atoms with Gasteiger partial charge in [-0.1, -0.05) is 6.07 Å². The Hall–Kier alpha value is -2.19. The molecule has 7 nitrogen and oxygen atoms in total. The molecule has 1 atom stereocenters. The third-order valence-electron chi connectivity index (χ3n) is 4.44. The van der Waals surface area contributed by atoms with Gasteiger partial charge in [0, 0.05) is 42.8 Å². The van der Waals surface area contributed by atoms with E-state index in [0.29, 0.717) is 5.56 Å². The van der Waals surface area contributed by atoms with E-state index in [1.54, 1.807) is 11.3 Å². The van der Waals surface area contributed by atoms with Crippen LogP contribution < -0.4 is 16.6 Å². The van der Waals surface area contributed by atoms with Crippen LogP contribution in [0.1, 0.15) is 23.3 Å². The van der Waals surface area contributed by atoms with Crippen molar-refractivity contribution >= 4 is 17.2 Å². The van der Waals surface area contributed by atoms with E-state index >= 15 is 0 Å². The van der Waals surface area contributed by atoms with Gasteiger partial charge < -0.3 is 10.3 Å². The molecular weight excluding hydrogens is 340 g/mol. The van der Waals surface area contributed by atoms with E-state index in [0.717, 1.165) is 37.0 Å². The summed E-state index contributed by atoms with van der Waals surface area (Å²) >= 11 is 1.74. The molecule has 134 valence electrons. The first-order valence-corrected chi connectivity index (χ1v) is 9.22. The molecule has 2 aromatic rings. The van der Waals surface area contributed by atoms with Gasteiger partial charge in [-0.15, -0.1) is 11.3 Å². The third-order valence-corrected chi connectivity index (χ3v) is 5.30. The highest BCUT2D eigenvalue weighted by molar-refractivity contribution is 7.09. The van der Waals surface area contributed by atoms with Crippen molar-refractivity contribution in [2.24, 2.45) is 7.05 Å². The molecular formula is C17H22N4O3S. The van der Waals surface area contributed by atoms with Crippen LogP contribution in [0.2, 0.25) is 0 Å². The summed E-state index contributed by atoms with van der Waals surface area (Å²) in [4.78, 5) is 41.8. The van der Waals surface area contributed by atoms with E-state index in [1.807, 2.05) is 6.07 Å². The minimum Gasteiger partial charge on any atom is -0.352 e. The molecule has 1 amide bonds. The number of amides is 1. The van der Waals surface area contributed by atoms with E-state index in [2.05, 4.69) is 26.6 Å². The Kier molecular flexibility index (Phi) is 5.50. The number of carbonyl (C=O) groups is 1. The van der Waals surface area contributed by atoms with Crippen molar-refractivity contribution in [2.75, 3.05) is 13.1 Å². The molecule has 0 unspecified atom stereocenters. The summed E-state index contributed by atoms with van der Waals surface area (Å²) in [6.07, 6.45) is 3.28. The zero-order chi connectivity index (χ0) is 17.8. The Morgan fingerprint density at radius 2 is 2.28 bits per heavy atom. The van der Waals surface area contributed by atoms with Crippen molar-refractivity contribution in [1.82, 2.24) is 19.8 Å². The minimum absolute atomic E-state index is 0.0229. The summed E-state index contributed by atoms with van der Waals surface area (Å²) in [5.74, 6) is -0.188. The number of carbonyl (C=O) groups excluding carboxylic acids is 1.